The lowest BCUT2D eigenvalue weighted by molar-refractivity contribution is 0.0788. The monoisotopic (exact) mass is 244 g/mol. The van der Waals surface area contributed by atoms with Crippen molar-refractivity contribution in [2.24, 2.45) is 5.92 Å². The first kappa shape index (κ1) is 11.6. The number of fused-ring (bicyclic) bond motifs is 1. The fourth-order valence-corrected chi connectivity index (χ4v) is 2.60. The normalized spacial score (nSPS) is 17.8. The molecule has 3 rings (SSSR count). The minimum atomic E-state index is 0.162. The van der Waals surface area contributed by atoms with Gasteiger partial charge in [0.2, 0.25) is 0 Å². The second-order valence-electron chi connectivity index (χ2n) is 5.53. The molecule has 1 heterocycles. The van der Waals surface area contributed by atoms with Gasteiger partial charge in [0.1, 0.15) is 0 Å². The van der Waals surface area contributed by atoms with Gasteiger partial charge in [0.05, 0.1) is 0 Å². The number of amides is 1. The molecule has 0 unspecified atom stereocenters. The fourth-order valence-electron chi connectivity index (χ4n) is 2.60. The zero-order chi connectivity index (χ0) is 12.5. The molecule has 0 saturated heterocycles. The zero-order valence-electron chi connectivity index (χ0n) is 10.9. The first-order chi connectivity index (χ1) is 8.74. The van der Waals surface area contributed by atoms with E-state index >= 15 is 0 Å². The Bertz CT molecular complexity index is 466. The van der Waals surface area contributed by atoms with Crippen LogP contribution in [0.15, 0.2) is 18.2 Å². The second kappa shape index (κ2) is 4.63. The summed E-state index contributed by atoms with van der Waals surface area (Å²) in [4.78, 5) is 14.2. The molecule has 0 aromatic heterocycles. The lowest BCUT2D eigenvalue weighted by Gasteiger charge is -2.21. The number of nitrogens with zero attached hydrogens (tertiary/aromatic N) is 1. The molecule has 2 aliphatic rings. The van der Waals surface area contributed by atoms with Gasteiger partial charge in [0, 0.05) is 31.4 Å². The Labute approximate surface area is 108 Å². The van der Waals surface area contributed by atoms with Crippen molar-refractivity contribution >= 4 is 11.6 Å². The highest BCUT2D eigenvalue weighted by molar-refractivity contribution is 5.94. The molecule has 1 N–H and O–H groups in total. The van der Waals surface area contributed by atoms with E-state index in [1.54, 1.807) is 0 Å². The number of anilines is 1. The lowest BCUT2D eigenvalue weighted by Crippen LogP contribution is -2.29. The predicted molar refractivity (Wildman–Crippen MR) is 72.9 cm³/mol. The molecule has 0 atom stereocenters. The zero-order valence-corrected chi connectivity index (χ0v) is 10.9. The quantitative estimate of drug-likeness (QED) is 0.886. The SMILES string of the molecule is CN(CC1CC1)C(=O)c1ccc2c(c1)CCCN2. The maximum atomic E-state index is 12.3. The predicted octanol–water partition coefficient (Wildman–Crippen LogP) is 2.53. The molecular weight excluding hydrogens is 224 g/mol. The Hall–Kier alpha value is -1.51. The van der Waals surface area contributed by atoms with Crippen molar-refractivity contribution in [2.75, 3.05) is 25.5 Å². The summed E-state index contributed by atoms with van der Waals surface area (Å²) in [6.07, 6.45) is 4.80. The van der Waals surface area contributed by atoms with Gasteiger partial charge in [-0.2, -0.15) is 0 Å². The van der Waals surface area contributed by atoms with Gasteiger partial charge in [-0.3, -0.25) is 4.79 Å². The minimum Gasteiger partial charge on any atom is -0.385 e. The molecule has 1 aliphatic heterocycles. The third kappa shape index (κ3) is 2.35. The van der Waals surface area contributed by atoms with Gasteiger partial charge in [-0.15, -0.1) is 0 Å². The van der Waals surface area contributed by atoms with E-state index in [0.29, 0.717) is 0 Å². The van der Waals surface area contributed by atoms with E-state index in [1.807, 2.05) is 24.1 Å². The van der Waals surface area contributed by atoms with Crippen molar-refractivity contribution in [3.63, 3.8) is 0 Å². The summed E-state index contributed by atoms with van der Waals surface area (Å²) >= 11 is 0. The molecule has 1 saturated carbocycles. The van der Waals surface area contributed by atoms with Gasteiger partial charge in [-0.05, 0) is 55.4 Å². The van der Waals surface area contributed by atoms with Crippen LogP contribution in [0.3, 0.4) is 0 Å². The molecule has 3 nitrogen and oxygen atoms in total. The van der Waals surface area contributed by atoms with E-state index in [4.69, 9.17) is 0 Å². The van der Waals surface area contributed by atoms with Gasteiger partial charge in [-0.1, -0.05) is 0 Å². The molecule has 0 radical (unpaired) electrons. The summed E-state index contributed by atoms with van der Waals surface area (Å²) in [6, 6.07) is 6.06. The van der Waals surface area contributed by atoms with E-state index in [9.17, 15) is 4.79 Å². The Morgan fingerprint density at radius 1 is 1.44 bits per heavy atom. The average Bonchev–Trinajstić information content (AvgIpc) is 3.21. The highest BCUT2D eigenvalue weighted by atomic mass is 16.2. The highest BCUT2D eigenvalue weighted by Crippen LogP contribution is 2.30. The Morgan fingerprint density at radius 3 is 3.06 bits per heavy atom. The fraction of sp³-hybridized carbons (Fsp3) is 0.533. The van der Waals surface area contributed by atoms with Crippen molar-refractivity contribution in [1.82, 2.24) is 4.90 Å². The topological polar surface area (TPSA) is 32.3 Å². The summed E-state index contributed by atoms with van der Waals surface area (Å²) in [5.41, 5.74) is 3.31. The van der Waals surface area contributed by atoms with Crippen molar-refractivity contribution in [3.8, 4) is 0 Å². The van der Waals surface area contributed by atoms with Crippen molar-refractivity contribution < 1.29 is 4.79 Å². The standard InChI is InChI=1S/C15H20N2O/c1-17(10-11-4-5-11)15(18)13-6-7-14-12(9-13)3-2-8-16-14/h6-7,9,11,16H,2-5,8,10H2,1H3. The molecule has 1 aromatic carbocycles. The molecule has 18 heavy (non-hydrogen) atoms. The third-order valence-corrected chi connectivity index (χ3v) is 3.87. The van der Waals surface area contributed by atoms with E-state index in [0.717, 1.165) is 37.4 Å². The largest absolute Gasteiger partial charge is 0.385 e. The van der Waals surface area contributed by atoms with Crippen molar-refractivity contribution in [1.29, 1.82) is 0 Å². The maximum Gasteiger partial charge on any atom is 0.253 e. The number of aryl methyl sites for hydroxylation is 1. The molecule has 96 valence electrons. The average molecular weight is 244 g/mol. The number of rotatable bonds is 3. The molecular formula is C15H20N2O. The first-order valence-electron chi connectivity index (χ1n) is 6.86. The van der Waals surface area contributed by atoms with Crippen LogP contribution in [0, 0.1) is 5.92 Å². The summed E-state index contributed by atoms with van der Waals surface area (Å²) in [7, 11) is 1.92. The molecule has 1 aliphatic carbocycles. The second-order valence-corrected chi connectivity index (χ2v) is 5.53. The van der Waals surface area contributed by atoms with Gasteiger partial charge in [0.25, 0.3) is 5.91 Å². The number of nitrogens with one attached hydrogen (secondary N) is 1. The number of hydrogen-bond donors (Lipinski definition) is 1. The van der Waals surface area contributed by atoms with Gasteiger partial charge >= 0.3 is 0 Å². The molecule has 1 fully saturated rings. The van der Waals surface area contributed by atoms with Gasteiger partial charge in [0.15, 0.2) is 0 Å². The van der Waals surface area contributed by atoms with Crippen LogP contribution in [0.5, 0.6) is 0 Å². The maximum absolute atomic E-state index is 12.3. The number of carbonyl (C=O) groups is 1. The van der Waals surface area contributed by atoms with E-state index in [-0.39, 0.29) is 5.91 Å². The van der Waals surface area contributed by atoms with Crippen LogP contribution in [0.2, 0.25) is 0 Å². The third-order valence-electron chi connectivity index (χ3n) is 3.87. The molecule has 0 spiro atoms. The number of hydrogen-bond acceptors (Lipinski definition) is 2. The number of benzene rings is 1. The molecule has 0 bridgehead atoms. The molecule has 1 amide bonds. The molecule has 1 aromatic rings. The van der Waals surface area contributed by atoms with Gasteiger partial charge in [-0.25, -0.2) is 0 Å². The van der Waals surface area contributed by atoms with Crippen LogP contribution in [0.1, 0.15) is 35.2 Å². The van der Waals surface area contributed by atoms with Gasteiger partial charge < -0.3 is 10.2 Å². The smallest absolute Gasteiger partial charge is 0.253 e. The van der Waals surface area contributed by atoms with Crippen LogP contribution in [0.4, 0.5) is 5.69 Å². The van der Waals surface area contributed by atoms with Crippen LogP contribution < -0.4 is 5.32 Å². The highest BCUT2D eigenvalue weighted by Gasteiger charge is 2.25. The lowest BCUT2D eigenvalue weighted by atomic mass is 10.0. The number of carbonyl (C=O) groups excluding carboxylic acids is 1. The summed E-state index contributed by atoms with van der Waals surface area (Å²) < 4.78 is 0. The Kier molecular flexibility index (Phi) is 2.98. The van der Waals surface area contributed by atoms with E-state index < -0.39 is 0 Å². The van der Waals surface area contributed by atoms with Crippen LogP contribution in [0.25, 0.3) is 0 Å². The van der Waals surface area contributed by atoms with Crippen LogP contribution >= 0.6 is 0 Å². The summed E-state index contributed by atoms with van der Waals surface area (Å²) in [5, 5.41) is 3.38. The van der Waals surface area contributed by atoms with Crippen LogP contribution in [-0.2, 0) is 6.42 Å². The van der Waals surface area contributed by atoms with E-state index in [2.05, 4.69) is 11.4 Å². The Balaban J connectivity index is 1.76. The summed E-state index contributed by atoms with van der Waals surface area (Å²) in [6.45, 7) is 1.95. The Morgan fingerprint density at radius 2 is 2.28 bits per heavy atom. The van der Waals surface area contributed by atoms with E-state index in [1.165, 1.54) is 24.1 Å². The van der Waals surface area contributed by atoms with Crippen molar-refractivity contribution in [2.45, 2.75) is 25.7 Å². The van der Waals surface area contributed by atoms with Crippen molar-refractivity contribution in [3.05, 3.63) is 29.3 Å². The van der Waals surface area contributed by atoms with Crippen LogP contribution in [-0.4, -0.2) is 30.9 Å². The molecule has 3 heteroatoms. The summed E-state index contributed by atoms with van der Waals surface area (Å²) in [5.74, 6) is 0.911. The minimum absolute atomic E-state index is 0.162. The first-order valence-corrected chi connectivity index (χ1v) is 6.86.